The molecule has 0 aliphatic carbocycles. The lowest BCUT2D eigenvalue weighted by Gasteiger charge is -2.29. The smallest absolute Gasteiger partial charge is 0.253 e. The standard InChI is InChI=1S/C22H35N5O2/c1-23-22(27-10-8-19(17-27)16-26-11-13-29-14-12-26)24-9-7-18-5-4-6-20(15-18)21(28)25(2)3/h4-6,15,19H,7-14,16-17H2,1-3H3,(H,23,24). The summed E-state index contributed by atoms with van der Waals surface area (Å²) in [6, 6.07) is 7.89. The topological polar surface area (TPSA) is 60.4 Å². The number of nitrogens with one attached hydrogen (secondary N) is 1. The van der Waals surface area contributed by atoms with E-state index in [0.29, 0.717) is 5.92 Å². The van der Waals surface area contributed by atoms with Gasteiger partial charge in [0.15, 0.2) is 5.96 Å². The van der Waals surface area contributed by atoms with Crippen LogP contribution in [0.3, 0.4) is 0 Å². The van der Waals surface area contributed by atoms with E-state index in [1.54, 1.807) is 19.0 Å². The number of guanidine groups is 1. The summed E-state index contributed by atoms with van der Waals surface area (Å²) in [5, 5.41) is 3.50. The van der Waals surface area contributed by atoms with E-state index >= 15 is 0 Å². The second-order valence-corrected chi connectivity index (χ2v) is 8.14. The lowest BCUT2D eigenvalue weighted by Crippen LogP contribution is -2.42. The molecule has 1 aromatic carbocycles. The zero-order valence-electron chi connectivity index (χ0n) is 18.1. The molecule has 0 bridgehead atoms. The van der Waals surface area contributed by atoms with Crippen molar-refractivity contribution in [1.29, 1.82) is 0 Å². The number of carbonyl (C=O) groups is 1. The number of nitrogens with zero attached hydrogens (tertiary/aromatic N) is 4. The predicted octanol–water partition coefficient (Wildman–Crippen LogP) is 1.16. The van der Waals surface area contributed by atoms with Gasteiger partial charge in [-0.3, -0.25) is 14.7 Å². The monoisotopic (exact) mass is 401 g/mol. The molecule has 2 aliphatic rings. The quantitative estimate of drug-likeness (QED) is 0.573. The number of amides is 1. The highest BCUT2D eigenvalue weighted by molar-refractivity contribution is 5.94. The van der Waals surface area contributed by atoms with Crippen LogP contribution in [-0.2, 0) is 11.2 Å². The molecule has 7 nitrogen and oxygen atoms in total. The van der Waals surface area contributed by atoms with E-state index in [1.165, 1.54) is 6.42 Å². The predicted molar refractivity (Wildman–Crippen MR) is 116 cm³/mol. The van der Waals surface area contributed by atoms with E-state index in [9.17, 15) is 4.79 Å². The van der Waals surface area contributed by atoms with E-state index in [0.717, 1.165) is 76.0 Å². The summed E-state index contributed by atoms with van der Waals surface area (Å²) in [5.74, 6) is 1.72. The maximum atomic E-state index is 12.1. The van der Waals surface area contributed by atoms with Crippen LogP contribution in [0.4, 0.5) is 0 Å². The van der Waals surface area contributed by atoms with Gasteiger partial charge in [-0.05, 0) is 36.5 Å². The number of hydrogen-bond donors (Lipinski definition) is 1. The highest BCUT2D eigenvalue weighted by atomic mass is 16.5. The van der Waals surface area contributed by atoms with Crippen LogP contribution in [0.2, 0.25) is 0 Å². The molecule has 2 saturated heterocycles. The van der Waals surface area contributed by atoms with Crippen LogP contribution in [0.5, 0.6) is 0 Å². The van der Waals surface area contributed by atoms with Gasteiger partial charge in [-0.15, -0.1) is 0 Å². The normalized spacial score (nSPS) is 20.7. The number of likely N-dealkylation sites (tertiary alicyclic amines) is 1. The van der Waals surface area contributed by atoms with Crippen molar-refractivity contribution in [2.24, 2.45) is 10.9 Å². The third-order valence-corrected chi connectivity index (χ3v) is 5.69. The zero-order chi connectivity index (χ0) is 20.6. The van der Waals surface area contributed by atoms with Gasteiger partial charge in [0.05, 0.1) is 13.2 Å². The van der Waals surface area contributed by atoms with E-state index in [1.807, 2.05) is 25.2 Å². The molecule has 2 heterocycles. The van der Waals surface area contributed by atoms with Gasteiger partial charge in [0.2, 0.25) is 0 Å². The maximum absolute atomic E-state index is 12.1. The van der Waals surface area contributed by atoms with E-state index in [2.05, 4.69) is 26.2 Å². The Morgan fingerprint density at radius 2 is 2.07 bits per heavy atom. The summed E-state index contributed by atoms with van der Waals surface area (Å²) in [5.41, 5.74) is 1.90. The average molecular weight is 402 g/mol. The Hall–Kier alpha value is -2.12. The molecular weight excluding hydrogens is 366 g/mol. The van der Waals surface area contributed by atoms with Crippen molar-refractivity contribution < 1.29 is 9.53 Å². The van der Waals surface area contributed by atoms with Crippen molar-refractivity contribution in [2.45, 2.75) is 12.8 Å². The summed E-state index contributed by atoms with van der Waals surface area (Å²) < 4.78 is 5.45. The van der Waals surface area contributed by atoms with E-state index in [4.69, 9.17) is 4.74 Å². The number of aliphatic imine (C=N–C) groups is 1. The molecular formula is C22H35N5O2. The third kappa shape index (κ3) is 6.18. The highest BCUT2D eigenvalue weighted by Gasteiger charge is 2.27. The lowest BCUT2D eigenvalue weighted by molar-refractivity contribution is 0.0315. The van der Waals surface area contributed by atoms with Crippen LogP contribution >= 0.6 is 0 Å². The Morgan fingerprint density at radius 1 is 1.28 bits per heavy atom. The second kappa shape index (κ2) is 10.6. The SMILES string of the molecule is CN=C(NCCc1cccc(C(=O)N(C)C)c1)N1CCC(CN2CCOCC2)C1. The van der Waals surface area contributed by atoms with Crippen LogP contribution in [0.25, 0.3) is 0 Å². The van der Waals surface area contributed by atoms with Crippen molar-refractivity contribution in [3.8, 4) is 0 Å². The molecule has 2 fully saturated rings. The molecule has 2 aliphatic heterocycles. The van der Waals surface area contributed by atoms with Gasteiger partial charge in [0.1, 0.15) is 0 Å². The fraction of sp³-hybridized carbons (Fsp3) is 0.636. The van der Waals surface area contributed by atoms with Gasteiger partial charge < -0.3 is 19.9 Å². The number of ether oxygens (including phenoxy) is 1. The minimum Gasteiger partial charge on any atom is -0.379 e. The molecule has 0 saturated carbocycles. The van der Waals surface area contributed by atoms with Crippen molar-refractivity contribution in [3.05, 3.63) is 35.4 Å². The molecule has 160 valence electrons. The molecule has 1 aromatic rings. The Bertz CT molecular complexity index is 700. The Kier molecular flexibility index (Phi) is 7.89. The zero-order valence-corrected chi connectivity index (χ0v) is 18.1. The van der Waals surface area contributed by atoms with E-state index < -0.39 is 0 Å². The first-order valence-electron chi connectivity index (χ1n) is 10.6. The number of hydrogen-bond acceptors (Lipinski definition) is 4. The molecule has 1 amide bonds. The molecule has 7 heteroatoms. The van der Waals surface area contributed by atoms with Gasteiger partial charge in [0, 0.05) is 66.0 Å². The third-order valence-electron chi connectivity index (χ3n) is 5.69. The number of morpholine rings is 1. The maximum Gasteiger partial charge on any atom is 0.253 e. The Labute approximate surface area is 174 Å². The molecule has 1 unspecified atom stereocenters. The first kappa shape index (κ1) is 21.6. The summed E-state index contributed by atoms with van der Waals surface area (Å²) in [4.78, 5) is 23.1. The highest BCUT2D eigenvalue weighted by Crippen LogP contribution is 2.18. The molecule has 29 heavy (non-hydrogen) atoms. The van der Waals surface area contributed by atoms with Gasteiger partial charge in [-0.25, -0.2) is 0 Å². The molecule has 0 spiro atoms. The fourth-order valence-corrected chi connectivity index (χ4v) is 4.09. The largest absolute Gasteiger partial charge is 0.379 e. The Morgan fingerprint density at radius 3 is 2.79 bits per heavy atom. The number of benzene rings is 1. The summed E-state index contributed by atoms with van der Waals surface area (Å²) in [6.07, 6.45) is 2.07. The van der Waals surface area contributed by atoms with E-state index in [-0.39, 0.29) is 5.91 Å². The van der Waals surface area contributed by atoms with Gasteiger partial charge in [-0.2, -0.15) is 0 Å². The van der Waals surface area contributed by atoms with Crippen LogP contribution in [0, 0.1) is 5.92 Å². The summed E-state index contributed by atoms with van der Waals surface area (Å²) >= 11 is 0. The molecule has 0 aromatic heterocycles. The molecule has 1 N–H and O–H groups in total. The Balaban J connectivity index is 1.45. The first-order chi connectivity index (χ1) is 14.1. The van der Waals surface area contributed by atoms with Gasteiger partial charge in [-0.1, -0.05) is 12.1 Å². The fourth-order valence-electron chi connectivity index (χ4n) is 4.09. The minimum atomic E-state index is 0.0407. The molecule has 0 radical (unpaired) electrons. The van der Waals surface area contributed by atoms with Crippen molar-refractivity contribution in [3.63, 3.8) is 0 Å². The number of carbonyl (C=O) groups excluding carboxylic acids is 1. The summed E-state index contributed by atoms with van der Waals surface area (Å²) in [6.45, 7) is 7.91. The van der Waals surface area contributed by atoms with Crippen molar-refractivity contribution >= 4 is 11.9 Å². The summed E-state index contributed by atoms with van der Waals surface area (Å²) in [7, 11) is 5.42. The number of rotatable bonds is 6. The van der Waals surface area contributed by atoms with Crippen LogP contribution in [0.1, 0.15) is 22.3 Å². The molecule has 1 atom stereocenters. The van der Waals surface area contributed by atoms with Crippen LogP contribution < -0.4 is 5.32 Å². The van der Waals surface area contributed by atoms with Gasteiger partial charge in [0.25, 0.3) is 5.91 Å². The van der Waals surface area contributed by atoms with Crippen molar-refractivity contribution in [2.75, 3.05) is 73.6 Å². The first-order valence-corrected chi connectivity index (χ1v) is 10.6. The average Bonchev–Trinajstić information content (AvgIpc) is 3.19. The lowest BCUT2D eigenvalue weighted by atomic mass is 10.1. The van der Waals surface area contributed by atoms with Crippen LogP contribution in [0.15, 0.2) is 29.3 Å². The molecule has 3 rings (SSSR count). The van der Waals surface area contributed by atoms with Crippen molar-refractivity contribution in [1.82, 2.24) is 20.0 Å². The van der Waals surface area contributed by atoms with Crippen LogP contribution in [-0.4, -0.2) is 100 Å². The van der Waals surface area contributed by atoms with Gasteiger partial charge >= 0.3 is 0 Å². The second-order valence-electron chi connectivity index (χ2n) is 8.14. The minimum absolute atomic E-state index is 0.0407.